The van der Waals surface area contributed by atoms with Crippen molar-refractivity contribution in [3.8, 4) is 22.9 Å². The minimum absolute atomic E-state index is 0.146. The van der Waals surface area contributed by atoms with Gasteiger partial charge < -0.3 is 14.8 Å². The van der Waals surface area contributed by atoms with Crippen molar-refractivity contribution in [1.82, 2.24) is 19.7 Å². The van der Waals surface area contributed by atoms with Gasteiger partial charge in [0.25, 0.3) is 0 Å². The summed E-state index contributed by atoms with van der Waals surface area (Å²) < 4.78 is 12.8. The molecule has 2 aromatic heterocycles. The molecule has 0 radical (unpaired) electrons. The van der Waals surface area contributed by atoms with Gasteiger partial charge >= 0.3 is 0 Å². The van der Waals surface area contributed by atoms with Crippen LogP contribution in [0.2, 0.25) is 0 Å². The van der Waals surface area contributed by atoms with E-state index in [1.807, 2.05) is 30.3 Å². The van der Waals surface area contributed by atoms with Gasteiger partial charge in [-0.25, -0.2) is 4.68 Å². The topological polar surface area (TPSA) is 91.2 Å². The third-order valence-corrected chi connectivity index (χ3v) is 5.52. The van der Waals surface area contributed by atoms with Gasteiger partial charge in [0.15, 0.2) is 23.1 Å². The van der Waals surface area contributed by atoms with E-state index in [2.05, 4.69) is 10.3 Å². The molecule has 8 nitrogen and oxygen atoms in total. The summed E-state index contributed by atoms with van der Waals surface area (Å²) in [5.74, 6) is 2.76. The summed E-state index contributed by atoms with van der Waals surface area (Å²) in [4.78, 5) is 21.7. The molecule has 1 N–H and O–H groups in total. The Kier molecular flexibility index (Phi) is 3.46. The first-order valence-electron chi connectivity index (χ1n) is 9.58. The van der Waals surface area contributed by atoms with Gasteiger partial charge in [-0.3, -0.25) is 9.78 Å². The molecule has 1 aliphatic carbocycles. The predicted octanol–water partition coefficient (Wildman–Crippen LogP) is 3.09. The number of nitrogens with zero attached hydrogens (tertiary/aromatic N) is 4. The number of allylic oxidation sites excluding steroid dienone is 2. The Bertz CT molecular complexity index is 1170. The number of rotatable bonds is 2. The van der Waals surface area contributed by atoms with Crippen LogP contribution in [0.1, 0.15) is 30.9 Å². The zero-order valence-corrected chi connectivity index (χ0v) is 15.5. The normalized spacial score (nSPS) is 19.6. The van der Waals surface area contributed by atoms with E-state index in [-0.39, 0.29) is 18.6 Å². The average molecular weight is 387 g/mol. The van der Waals surface area contributed by atoms with Gasteiger partial charge in [-0.05, 0) is 42.7 Å². The predicted molar refractivity (Wildman–Crippen MR) is 103 cm³/mol. The van der Waals surface area contributed by atoms with Gasteiger partial charge in [0.05, 0.1) is 0 Å². The number of hydrogen-bond donors (Lipinski definition) is 1. The number of ketones is 1. The number of nitrogens with one attached hydrogen (secondary N) is 1. The molecule has 3 aliphatic rings. The first-order chi connectivity index (χ1) is 14.3. The van der Waals surface area contributed by atoms with Crippen LogP contribution in [0.25, 0.3) is 11.4 Å². The van der Waals surface area contributed by atoms with Crippen molar-refractivity contribution >= 4 is 11.7 Å². The van der Waals surface area contributed by atoms with E-state index in [4.69, 9.17) is 19.6 Å². The van der Waals surface area contributed by atoms with Crippen molar-refractivity contribution < 1.29 is 14.3 Å². The number of anilines is 1. The van der Waals surface area contributed by atoms with Crippen LogP contribution in [0.15, 0.2) is 54.0 Å². The number of pyridine rings is 1. The number of aromatic nitrogens is 4. The third-order valence-electron chi connectivity index (χ3n) is 5.52. The minimum Gasteiger partial charge on any atom is -0.454 e. The molecule has 4 heterocycles. The van der Waals surface area contributed by atoms with Crippen LogP contribution >= 0.6 is 0 Å². The maximum Gasteiger partial charge on any atom is 0.231 e. The van der Waals surface area contributed by atoms with Gasteiger partial charge in [-0.1, -0.05) is 6.07 Å². The summed E-state index contributed by atoms with van der Waals surface area (Å²) in [5.41, 5.74) is 3.49. The highest BCUT2D eigenvalue weighted by Gasteiger charge is 2.37. The van der Waals surface area contributed by atoms with E-state index < -0.39 is 0 Å². The molecule has 0 amide bonds. The third kappa shape index (κ3) is 2.52. The summed E-state index contributed by atoms with van der Waals surface area (Å²) in [6.07, 6.45) is 5.63. The fourth-order valence-electron chi connectivity index (χ4n) is 4.17. The van der Waals surface area contributed by atoms with Crippen LogP contribution in [-0.4, -0.2) is 32.3 Å². The molecule has 1 unspecified atom stereocenters. The number of carbonyl (C=O) groups excluding carboxylic acids is 1. The van der Waals surface area contributed by atoms with Crippen molar-refractivity contribution in [3.05, 3.63) is 59.6 Å². The van der Waals surface area contributed by atoms with Gasteiger partial charge in [-0.2, -0.15) is 4.98 Å². The second kappa shape index (κ2) is 6.16. The van der Waals surface area contributed by atoms with Crippen molar-refractivity contribution in [1.29, 1.82) is 0 Å². The summed E-state index contributed by atoms with van der Waals surface area (Å²) in [5, 5.41) is 8.10. The van der Waals surface area contributed by atoms with Crippen molar-refractivity contribution in [2.24, 2.45) is 0 Å². The van der Waals surface area contributed by atoms with Crippen molar-refractivity contribution in [3.63, 3.8) is 0 Å². The fraction of sp³-hybridized carbons (Fsp3) is 0.238. The second-order valence-electron chi connectivity index (χ2n) is 7.25. The molecule has 3 aromatic rings. The van der Waals surface area contributed by atoms with Crippen LogP contribution < -0.4 is 14.8 Å². The summed E-state index contributed by atoms with van der Waals surface area (Å²) in [6, 6.07) is 9.17. The van der Waals surface area contributed by atoms with Gasteiger partial charge in [0, 0.05) is 35.6 Å². The highest BCUT2D eigenvalue weighted by atomic mass is 16.7. The highest BCUT2D eigenvalue weighted by molar-refractivity contribution is 5.99. The molecule has 0 spiro atoms. The zero-order valence-electron chi connectivity index (χ0n) is 15.5. The molecule has 2 aliphatic heterocycles. The molecule has 8 heteroatoms. The molecule has 0 saturated heterocycles. The highest BCUT2D eigenvalue weighted by Crippen LogP contribution is 2.43. The average Bonchev–Trinajstić information content (AvgIpc) is 3.39. The van der Waals surface area contributed by atoms with Gasteiger partial charge in [-0.15, -0.1) is 5.10 Å². The molecule has 0 fully saturated rings. The lowest BCUT2D eigenvalue weighted by atomic mass is 9.85. The maximum atomic E-state index is 12.9. The fourth-order valence-corrected chi connectivity index (χ4v) is 4.17. The molecule has 6 rings (SSSR count). The Morgan fingerprint density at radius 2 is 1.93 bits per heavy atom. The standard InChI is InChI=1S/C21H17N5O3/c27-15-3-1-2-14-18(15)19(13-4-5-16-17(10-13)29-11-28-16)26-21(23-14)24-20(25-26)12-6-8-22-9-7-12/h4-10,19H,1-3,11H2,(H,23,24,25). The molecule has 1 aromatic carbocycles. The van der Waals surface area contributed by atoms with E-state index in [1.165, 1.54) is 0 Å². The lowest BCUT2D eigenvalue weighted by Gasteiger charge is -2.32. The van der Waals surface area contributed by atoms with E-state index in [0.717, 1.165) is 35.2 Å². The molecular formula is C21H17N5O3. The number of benzene rings is 1. The Balaban J connectivity index is 1.53. The quantitative estimate of drug-likeness (QED) is 0.722. The molecule has 29 heavy (non-hydrogen) atoms. The molecule has 144 valence electrons. The summed E-state index contributed by atoms with van der Waals surface area (Å²) >= 11 is 0. The van der Waals surface area contributed by atoms with E-state index in [0.29, 0.717) is 29.7 Å². The van der Waals surface area contributed by atoms with Gasteiger partial charge in [0.2, 0.25) is 12.7 Å². The monoisotopic (exact) mass is 387 g/mol. The summed E-state index contributed by atoms with van der Waals surface area (Å²) in [6.45, 7) is 0.207. The number of ether oxygens (including phenoxy) is 2. The zero-order chi connectivity index (χ0) is 19.4. The maximum absolute atomic E-state index is 12.9. The summed E-state index contributed by atoms with van der Waals surface area (Å²) in [7, 11) is 0. The van der Waals surface area contributed by atoms with Crippen molar-refractivity contribution in [2.45, 2.75) is 25.3 Å². The number of fused-ring (bicyclic) bond motifs is 2. The van der Waals surface area contributed by atoms with Crippen LogP contribution in [0.5, 0.6) is 11.5 Å². The first kappa shape index (κ1) is 16.3. The molecule has 0 saturated carbocycles. The van der Waals surface area contributed by atoms with Crippen molar-refractivity contribution in [2.75, 3.05) is 12.1 Å². The van der Waals surface area contributed by atoms with Crippen LogP contribution in [0, 0.1) is 0 Å². The Hall–Kier alpha value is -3.68. The molecule has 0 bridgehead atoms. The Morgan fingerprint density at radius 3 is 2.83 bits per heavy atom. The van der Waals surface area contributed by atoms with Gasteiger partial charge in [0.1, 0.15) is 6.04 Å². The minimum atomic E-state index is -0.355. The SMILES string of the molecule is O=C1CCCC2=C1C(c1ccc3c(c1)OCO3)n1nc(-c3ccncc3)nc1N2. The number of carbonyl (C=O) groups is 1. The molecular weight excluding hydrogens is 370 g/mol. The lowest BCUT2D eigenvalue weighted by Crippen LogP contribution is -2.31. The van der Waals surface area contributed by atoms with E-state index in [1.54, 1.807) is 17.1 Å². The van der Waals surface area contributed by atoms with E-state index in [9.17, 15) is 4.79 Å². The van der Waals surface area contributed by atoms with Crippen LogP contribution in [0.3, 0.4) is 0 Å². The largest absolute Gasteiger partial charge is 0.454 e. The van der Waals surface area contributed by atoms with Crippen LogP contribution in [0.4, 0.5) is 5.95 Å². The van der Waals surface area contributed by atoms with E-state index >= 15 is 0 Å². The lowest BCUT2D eigenvalue weighted by molar-refractivity contribution is -0.116. The first-order valence-corrected chi connectivity index (χ1v) is 9.58. The van der Waals surface area contributed by atoms with Crippen LogP contribution in [-0.2, 0) is 4.79 Å². The molecule has 1 atom stereocenters. The smallest absolute Gasteiger partial charge is 0.231 e. The number of hydrogen-bond acceptors (Lipinski definition) is 7. The Morgan fingerprint density at radius 1 is 1.07 bits per heavy atom. The second-order valence-corrected chi connectivity index (χ2v) is 7.25. The number of Topliss-reactive ketones (excluding diaryl/α,β-unsaturated/α-hetero) is 1. The Labute approximate surface area is 166 Å².